The zero-order valence-corrected chi connectivity index (χ0v) is 17.3. The highest BCUT2D eigenvalue weighted by atomic mass is 16.5. The third-order valence-corrected chi connectivity index (χ3v) is 6.32. The summed E-state index contributed by atoms with van der Waals surface area (Å²) in [6, 6.07) is 1.94. The van der Waals surface area contributed by atoms with Gasteiger partial charge in [0.1, 0.15) is 6.26 Å². The number of aromatic nitrogens is 1. The van der Waals surface area contributed by atoms with Crippen LogP contribution in [0.1, 0.15) is 44.2 Å². The van der Waals surface area contributed by atoms with Gasteiger partial charge in [-0.2, -0.15) is 0 Å². The lowest BCUT2D eigenvalue weighted by Crippen LogP contribution is -2.57. The Kier molecular flexibility index (Phi) is 7.13. The van der Waals surface area contributed by atoms with Gasteiger partial charge in [-0.1, -0.05) is 30.8 Å². The van der Waals surface area contributed by atoms with Crippen LogP contribution in [0, 0.1) is 0 Å². The minimum Gasteiger partial charge on any atom is -0.364 e. The number of hydrogen-bond acceptors (Lipinski definition) is 5. The van der Waals surface area contributed by atoms with Crippen molar-refractivity contribution in [3.05, 3.63) is 18.0 Å². The summed E-state index contributed by atoms with van der Waals surface area (Å²) in [6.45, 7) is 5.86. The molecule has 1 saturated carbocycles. The lowest BCUT2D eigenvalue weighted by molar-refractivity contribution is 0.128. The maximum absolute atomic E-state index is 4.94. The van der Waals surface area contributed by atoms with E-state index in [-0.39, 0.29) is 5.54 Å². The number of likely N-dealkylation sites (N-methyl/N-ethyl adjacent to an activating group) is 1. The van der Waals surface area contributed by atoms with Gasteiger partial charge in [0.15, 0.2) is 5.96 Å². The monoisotopic (exact) mass is 376 g/mol. The second kappa shape index (κ2) is 9.55. The topological polar surface area (TPSA) is 60.1 Å². The highest BCUT2D eigenvalue weighted by molar-refractivity contribution is 5.80. The van der Waals surface area contributed by atoms with Crippen molar-refractivity contribution in [3.8, 4) is 0 Å². The Balaban J connectivity index is 1.51. The maximum atomic E-state index is 4.94. The van der Waals surface area contributed by atoms with Crippen LogP contribution in [0.4, 0.5) is 0 Å². The molecule has 1 saturated heterocycles. The summed E-state index contributed by atoms with van der Waals surface area (Å²) in [7, 11) is 6.37. The van der Waals surface area contributed by atoms with Crippen molar-refractivity contribution in [2.75, 3.05) is 53.9 Å². The highest BCUT2D eigenvalue weighted by Gasteiger charge is 2.33. The van der Waals surface area contributed by atoms with Crippen LogP contribution in [0.25, 0.3) is 0 Å². The second-order valence-electron chi connectivity index (χ2n) is 8.19. The average Bonchev–Trinajstić information content (AvgIpc) is 3.06. The van der Waals surface area contributed by atoms with Gasteiger partial charge in [-0.15, -0.1) is 0 Å². The molecule has 2 fully saturated rings. The number of rotatable bonds is 5. The molecule has 2 aliphatic rings. The van der Waals surface area contributed by atoms with E-state index >= 15 is 0 Å². The molecule has 1 aliphatic carbocycles. The Morgan fingerprint density at radius 2 is 1.89 bits per heavy atom. The van der Waals surface area contributed by atoms with Gasteiger partial charge in [0, 0.05) is 57.9 Å². The molecule has 0 aromatic carbocycles. The van der Waals surface area contributed by atoms with Crippen LogP contribution in [0.5, 0.6) is 0 Å². The molecule has 0 amide bonds. The summed E-state index contributed by atoms with van der Waals surface area (Å²) in [5.41, 5.74) is 1.26. The maximum Gasteiger partial charge on any atom is 0.193 e. The number of nitrogens with one attached hydrogen (secondary N) is 1. The van der Waals surface area contributed by atoms with Crippen LogP contribution in [0.15, 0.2) is 21.8 Å². The Hall–Kier alpha value is -1.60. The molecule has 3 rings (SSSR count). The molecule has 152 valence electrons. The Morgan fingerprint density at radius 3 is 2.44 bits per heavy atom. The first kappa shape index (κ1) is 20.1. The fourth-order valence-electron chi connectivity index (χ4n) is 4.41. The first-order valence-electron chi connectivity index (χ1n) is 10.4. The summed E-state index contributed by atoms with van der Waals surface area (Å²) < 4.78 is 4.94. The fraction of sp³-hybridized carbons (Fsp3) is 0.800. The summed E-state index contributed by atoms with van der Waals surface area (Å²) in [5, 5.41) is 7.73. The minimum atomic E-state index is 0.251. The SMILES string of the molecule is CN=C(NCC1(N(C)C)CCCCCC1)N1CCN(Cc2ccon2)CC1. The zero-order valence-electron chi connectivity index (χ0n) is 17.3. The molecule has 7 heteroatoms. The number of guanidine groups is 1. The molecule has 0 spiro atoms. The molecule has 1 aliphatic heterocycles. The molecule has 1 aromatic heterocycles. The van der Waals surface area contributed by atoms with Gasteiger partial charge in [-0.25, -0.2) is 0 Å². The predicted molar refractivity (Wildman–Crippen MR) is 109 cm³/mol. The van der Waals surface area contributed by atoms with E-state index in [4.69, 9.17) is 4.52 Å². The third kappa shape index (κ3) is 5.23. The van der Waals surface area contributed by atoms with Gasteiger partial charge in [0.2, 0.25) is 0 Å². The highest BCUT2D eigenvalue weighted by Crippen LogP contribution is 2.30. The van der Waals surface area contributed by atoms with Gasteiger partial charge < -0.3 is 19.6 Å². The van der Waals surface area contributed by atoms with E-state index < -0.39 is 0 Å². The van der Waals surface area contributed by atoms with Gasteiger partial charge >= 0.3 is 0 Å². The van der Waals surface area contributed by atoms with E-state index in [2.05, 4.69) is 44.3 Å². The first-order chi connectivity index (χ1) is 13.1. The molecular formula is C20H36N6O. The average molecular weight is 377 g/mol. The van der Waals surface area contributed by atoms with E-state index in [1.807, 2.05) is 13.1 Å². The van der Waals surface area contributed by atoms with Crippen molar-refractivity contribution in [1.29, 1.82) is 0 Å². The lowest BCUT2D eigenvalue weighted by atomic mass is 9.88. The van der Waals surface area contributed by atoms with Gasteiger partial charge in [-0.3, -0.25) is 9.89 Å². The Labute approximate surface area is 163 Å². The van der Waals surface area contributed by atoms with Crippen molar-refractivity contribution in [2.24, 2.45) is 4.99 Å². The van der Waals surface area contributed by atoms with Crippen molar-refractivity contribution < 1.29 is 4.52 Å². The van der Waals surface area contributed by atoms with Crippen molar-refractivity contribution in [1.82, 2.24) is 25.2 Å². The lowest BCUT2D eigenvalue weighted by Gasteiger charge is -2.42. The third-order valence-electron chi connectivity index (χ3n) is 6.32. The van der Waals surface area contributed by atoms with Crippen LogP contribution >= 0.6 is 0 Å². The van der Waals surface area contributed by atoms with Crippen LogP contribution in [-0.4, -0.2) is 85.2 Å². The fourth-order valence-corrected chi connectivity index (χ4v) is 4.41. The van der Waals surface area contributed by atoms with E-state index in [0.29, 0.717) is 0 Å². The molecule has 0 atom stereocenters. The molecule has 0 unspecified atom stereocenters. The number of aliphatic imine (C=N–C) groups is 1. The molecule has 27 heavy (non-hydrogen) atoms. The summed E-state index contributed by atoms with van der Waals surface area (Å²) in [6.07, 6.45) is 9.60. The van der Waals surface area contributed by atoms with E-state index in [1.54, 1.807) is 6.26 Å². The van der Waals surface area contributed by atoms with Gasteiger partial charge in [0.05, 0.1) is 5.69 Å². The van der Waals surface area contributed by atoms with Crippen LogP contribution in [0.3, 0.4) is 0 Å². The molecule has 7 nitrogen and oxygen atoms in total. The molecular weight excluding hydrogens is 340 g/mol. The van der Waals surface area contributed by atoms with E-state index in [1.165, 1.54) is 38.5 Å². The molecule has 0 radical (unpaired) electrons. The van der Waals surface area contributed by atoms with Gasteiger partial charge in [-0.05, 0) is 26.9 Å². The predicted octanol–water partition coefficient (Wildman–Crippen LogP) is 2.02. The second-order valence-corrected chi connectivity index (χ2v) is 8.19. The Morgan fingerprint density at radius 1 is 1.19 bits per heavy atom. The number of piperazine rings is 1. The van der Waals surface area contributed by atoms with Crippen molar-refractivity contribution >= 4 is 5.96 Å². The Bertz CT molecular complexity index is 569. The standard InChI is InChI=1S/C20H36N6O/c1-21-19(22-17-20(24(2)3)9-6-4-5-7-10-20)26-13-11-25(12-14-26)16-18-8-15-27-23-18/h8,15H,4-7,9-14,16-17H2,1-3H3,(H,21,22). The largest absolute Gasteiger partial charge is 0.364 e. The summed E-state index contributed by atoms with van der Waals surface area (Å²) >= 11 is 0. The zero-order chi connectivity index (χ0) is 19.1. The van der Waals surface area contributed by atoms with Crippen molar-refractivity contribution in [3.63, 3.8) is 0 Å². The van der Waals surface area contributed by atoms with Crippen LogP contribution in [-0.2, 0) is 6.54 Å². The summed E-state index contributed by atoms with van der Waals surface area (Å²) in [4.78, 5) is 11.8. The summed E-state index contributed by atoms with van der Waals surface area (Å²) in [5.74, 6) is 1.04. The van der Waals surface area contributed by atoms with Crippen molar-refractivity contribution in [2.45, 2.75) is 50.6 Å². The molecule has 2 heterocycles. The van der Waals surface area contributed by atoms with E-state index in [0.717, 1.165) is 50.9 Å². The first-order valence-corrected chi connectivity index (χ1v) is 10.4. The molecule has 0 bridgehead atoms. The molecule has 1 aromatic rings. The quantitative estimate of drug-likeness (QED) is 0.482. The number of nitrogens with zero attached hydrogens (tertiary/aromatic N) is 5. The van der Waals surface area contributed by atoms with Crippen LogP contribution in [0.2, 0.25) is 0 Å². The minimum absolute atomic E-state index is 0.251. The van der Waals surface area contributed by atoms with E-state index in [9.17, 15) is 0 Å². The smallest absolute Gasteiger partial charge is 0.193 e. The number of hydrogen-bond donors (Lipinski definition) is 1. The normalized spacial score (nSPS) is 22.1. The van der Waals surface area contributed by atoms with Gasteiger partial charge in [0.25, 0.3) is 0 Å². The molecule has 1 N–H and O–H groups in total. The van der Waals surface area contributed by atoms with Crippen LogP contribution < -0.4 is 5.32 Å².